The van der Waals surface area contributed by atoms with Crippen molar-refractivity contribution in [2.75, 3.05) is 0 Å². The van der Waals surface area contributed by atoms with Crippen molar-refractivity contribution in [1.82, 2.24) is 4.90 Å². The highest BCUT2D eigenvalue weighted by molar-refractivity contribution is 5.73. The van der Waals surface area contributed by atoms with Crippen LogP contribution in [0.2, 0.25) is 0 Å². The molecular weight excluding hydrogens is 490 g/mol. The number of carbonyl (C=O) groups excluding carboxylic acids is 2. The molecule has 0 aromatic heterocycles. The fourth-order valence-corrected chi connectivity index (χ4v) is 5.87. The summed E-state index contributed by atoms with van der Waals surface area (Å²) in [6.45, 7) is 20.4. The molecule has 1 heterocycles. The van der Waals surface area contributed by atoms with Gasteiger partial charge in [0, 0.05) is 30.3 Å². The van der Waals surface area contributed by atoms with E-state index < -0.39 is 17.2 Å². The molecule has 0 atom stereocenters. The number of phenolic OH excluding ortho intramolecular Hbond substituents is 1. The summed E-state index contributed by atoms with van der Waals surface area (Å²) in [7, 11) is 0. The Balaban J connectivity index is 1.70. The minimum absolute atomic E-state index is 0.229. The van der Waals surface area contributed by atoms with E-state index in [1.54, 1.807) is 17.0 Å². The minimum Gasteiger partial charge on any atom is -0.507 e. The lowest BCUT2D eigenvalue weighted by Crippen LogP contribution is -2.64. The van der Waals surface area contributed by atoms with Gasteiger partial charge in [-0.25, -0.2) is 4.79 Å². The molecule has 0 aliphatic carbocycles. The Morgan fingerprint density at radius 3 is 1.85 bits per heavy atom. The van der Waals surface area contributed by atoms with Crippen molar-refractivity contribution in [3.8, 4) is 11.5 Å². The summed E-state index contributed by atoms with van der Waals surface area (Å²) in [5.74, 6) is 0.582. The summed E-state index contributed by atoms with van der Waals surface area (Å²) in [6.07, 6.45) is 1.10. The molecule has 0 spiro atoms. The minimum atomic E-state index is -0.571. The zero-order valence-electron chi connectivity index (χ0n) is 25.5. The maximum Gasteiger partial charge on any atom is 0.416 e. The monoisotopic (exact) mass is 537 g/mol. The fourth-order valence-electron chi connectivity index (χ4n) is 5.87. The second kappa shape index (κ2) is 10.9. The molecule has 214 valence electrons. The first-order valence-corrected chi connectivity index (χ1v) is 13.9. The van der Waals surface area contributed by atoms with Gasteiger partial charge in [0.1, 0.15) is 17.6 Å². The molecule has 3 rings (SSSR count). The average Bonchev–Trinajstić information content (AvgIpc) is 2.75. The van der Waals surface area contributed by atoms with E-state index in [2.05, 4.69) is 41.5 Å². The Hall–Kier alpha value is -3.02. The SMILES string of the molecule is CC(C)(C)c1cc(CCC(=O)OC2CC(C)(C)N(C(=O)Oc3ccccc3)C(C)(C)C2)cc(C(C)(C)C)c1O. The summed E-state index contributed by atoms with van der Waals surface area (Å²) in [5.41, 5.74) is 1.19. The third-order valence-corrected chi connectivity index (χ3v) is 7.50. The van der Waals surface area contributed by atoms with Gasteiger partial charge in [-0.15, -0.1) is 0 Å². The van der Waals surface area contributed by atoms with Gasteiger partial charge in [0.05, 0.1) is 0 Å². The molecule has 0 unspecified atom stereocenters. The number of aryl methyl sites for hydroxylation is 1. The van der Waals surface area contributed by atoms with Crippen LogP contribution in [0.3, 0.4) is 0 Å². The molecule has 1 amide bonds. The van der Waals surface area contributed by atoms with Gasteiger partial charge in [-0.3, -0.25) is 9.69 Å². The number of aromatic hydroxyl groups is 1. The van der Waals surface area contributed by atoms with Gasteiger partial charge >= 0.3 is 12.1 Å². The highest BCUT2D eigenvalue weighted by atomic mass is 16.6. The number of carbonyl (C=O) groups is 2. The Labute approximate surface area is 234 Å². The molecule has 1 N–H and O–H groups in total. The molecule has 1 saturated heterocycles. The number of amides is 1. The van der Waals surface area contributed by atoms with E-state index in [1.807, 2.05) is 58.0 Å². The third kappa shape index (κ3) is 7.34. The lowest BCUT2D eigenvalue weighted by atomic mass is 9.78. The van der Waals surface area contributed by atoms with Gasteiger partial charge in [-0.1, -0.05) is 71.9 Å². The van der Waals surface area contributed by atoms with Crippen molar-refractivity contribution in [2.24, 2.45) is 0 Å². The van der Waals surface area contributed by atoms with Crippen molar-refractivity contribution >= 4 is 12.1 Å². The molecule has 0 radical (unpaired) electrons. The summed E-state index contributed by atoms with van der Waals surface area (Å²) >= 11 is 0. The number of likely N-dealkylation sites (tertiary alicyclic amines) is 1. The number of hydrogen-bond acceptors (Lipinski definition) is 5. The highest BCUT2D eigenvalue weighted by Crippen LogP contribution is 2.41. The van der Waals surface area contributed by atoms with Gasteiger partial charge in [-0.2, -0.15) is 0 Å². The second-order valence-electron chi connectivity index (χ2n) is 14.2. The molecule has 6 nitrogen and oxygen atoms in total. The second-order valence-corrected chi connectivity index (χ2v) is 14.2. The predicted molar refractivity (Wildman–Crippen MR) is 155 cm³/mol. The zero-order valence-corrected chi connectivity index (χ0v) is 25.5. The number of hydrogen-bond donors (Lipinski definition) is 1. The maximum atomic E-state index is 13.2. The van der Waals surface area contributed by atoms with Crippen LogP contribution in [-0.4, -0.2) is 39.3 Å². The van der Waals surface area contributed by atoms with Crippen molar-refractivity contribution in [3.63, 3.8) is 0 Å². The van der Waals surface area contributed by atoms with Crippen LogP contribution < -0.4 is 4.74 Å². The quantitative estimate of drug-likeness (QED) is 0.396. The summed E-state index contributed by atoms with van der Waals surface area (Å²) < 4.78 is 11.6. The number of ether oxygens (including phenoxy) is 2. The van der Waals surface area contributed by atoms with Gasteiger partial charge in [0.2, 0.25) is 0 Å². The maximum absolute atomic E-state index is 13.2. The molecule has 0 bridgehead atoms. The highest BCUT2D eigenvalue weighted by Gasteiger charge is 2.50. The van der Waals surface area contributed by atoms with Gasteiger partial charge in [-0.05, 0) is 73.8 Å². The van der Waals surface area contributed by atoms with Gasteiger partial charge < -0.3 is 14.6 Å². The molecule has 1 aliphatic heterocycles. The molecule has 1 fully saturated rings. The first-order valence-electron chi connectivity index (χ1n) is 13.9. The van der Waals surface area contributed by atoms with E-state index in [9.17, 15) is 14.7 Å². The zero-order chi connectivity index (χ0) is 29.4. The van der Waals surface area contributed by atoms with Crippen LogP contribution in [0.25, 0.3) is 0 Å². The summed E-state index contributed by atoms with van der Waals surface area (Å²) in [6, 6.07) is 13.1. The van der Waals surface area contributed by atoms with Crippen molar-refractivity contribution < 1.29 is 24.2 Å². The van der Waals surface area contributed by atoms with E-state index >= 15 is 0 Å². The van der Waals surface area contributed by atoms with Crippen LogP contribution in [0.15, 0.2) is 42.5 Å². The topological polar surface area (TPSA) is 76.1 Å². The standard InChI is InChI=1S/C33H47NO5/c1-30(2,3)25-18-22(19-26(28(25)36)31(4,5)6)16-17-27(35)38-24-20-32(7,8)34(33(9,10)21-24)29(37)39-23-14-12-11-13-15-23/h11-15,18-19,24,36H,16-17,20-21H2,1-10H3. The van der Waals surface area contributed by atoms with Crippen LogP contribution in [0.1, 0.15) is 105 Å². The van der Waals surface area contributed by atoms with Crippen LogP contribution >= 0.6 is 0 Å². The number of para-hydroxylation sites is 1. The van der Waals surface area contributed by atoms with E-state index in [1.165, 1.54) is 0 Å². The van der Waals surface area contributed by atoms with Crippen LogP contribution in [0, 0.1) is 0 Å². The van der Waals surface area contributed by atoms with Crippen molar-refractivity contribution in [3.05, 3.63) is 59.2 Å². The van der Waals surface area contributed by atoms with Crippen LogP contribution in [0.4, 0.5) is 4.79 Å². The molecule has 2 aromatic carbocycles. The number of phenols is 1. The molecule has 0 saturated carbocycles. The van der Waals surface area contributed by atoms with Crippen molar-refractivity contribution in [1.29, 1.82) is 0 Å². The Bertz CT molecular complexity index is 1130. The summed E-state index contributed by atoms with van der Waals surface area (Å²) in [5, 5.41) is 11.0. The number of esters is 1. The van der Waals surface area contributed by atoms with Crippen molar-refractivity contribution in [2.45, 2.75) is 123 Å². The average molecular weight is 538 g/mol. The lowest BCUT2D eigenvalue weighted by molar-refractivity contribution is -0.157. The molecule has 39 heavy (non-hydrogen) atoms. The van der Waals surface area contributed by atoms with E-state index in [4.69, 9.17) is 9.47 Å². The number of rotatable bonds is 5. The van der Waals surface area contributed by atoms with E-state index in [0.29, 0.717) is 30.8 Å². The largest absolute Gasteiger partial charge is 0.507 e. The fraction of sp³-hybridized carbons (Fsp3) is 0.576. The first-order chi connectivity index (χ1) is 17.8. The molecule has 1 aliphatic rings. The first kappa shape index (κ1) is 30.5. The van der Waals surface area contributed by atoms with Crippen LogP contribution in [0.5, 0.6) is 11.5 Å². The molecular formula is C33H47NO5. The smallest absolute Gasteiger partial charge is 0.416 e. The lowest BCUT2D eigenvalue weighted by Gasteiger charge is -2.53. The number of piperidine rings is 1. The predicted octanol–water partition coefficient (Wildman–Crippen LogP) is 7.68. The Morgan fingerprint density at radius 1 is 0.897 bits per heavy atom. The molecule has 2 aromatic rings. The van der Waals surface area contributed by atoms with E-state index in [-0.39, 0.29) is 29.3 Å². The third-order valence-electron chi connectivity index (χ3n) is 7.50. The summed E-state index contributed by atoms with van der Waals surface area (Å²) in [4.78, 5) is 28.0. The molecule has 6 heteroatoms. The van der Waals surface area contributed by atoms with Gasteiger partial charge in [0.25, 0.3) is 0 Å². The number of benzene rings is 2. The van der Waals surface area contributed by atoms with Crippen LogP contribution in [-0.2, 0) is 26.8 Å². The van der Waals surface area contributed by atoms with Gasteiger partial charge in [0.15, 0.2) is 0 Å². The Kier molecular flexibility index (Phi) is 8.50. The number of nitrogens with zero attached hydrogens (tertiary/aromatic N) is 1. The Morgan fingerprint density at radius 2 is 1.38 bits per heavy atom. The normalized spacial score (nSPS) is 17.5. The van der Waals surface area contributed by atoms with E-state index in [0.717, 1.165) is 16.7 Å².